The molecule has 0 aromatic carbocycles. The molecule has 0 aliphatic heterocycles. The first-order chi connectivity index (χ1) is 35.5. The average Bonchev–Trinajstić information content (AvgIpc) is 3.38. The van der Waals surface area contributed by atoms with Crippen LogP contribution in [-0.4, -0.2) is 47.4 Å². The molecule has 0 aliphatic carbocycles. The van der Waals surface area contributed by atoms with Gasteiger partial charge in [-0.05, 0) is 89.9 Å². The number of amides is 1. The highest BCUT2D eigenvalue weighted by Crippen LogP contribution is 2.16. The summed E-state index contributed by atoms with van der Waals surface area (Å²) in [5.74, 6) is -0.0692. The number of carbonyl (C=O) groups excluding carboxylic acids is 2. The Bertz CT molecular complexity index is 1210. The lowest BCUT2D eigenvalue weighted by Crippen LogP contribution is -2.45. The van der Waals surface area contributed by atoms with E-state index in [0.717, 1.165) is 51.4 Å². The number of ether oxygens (including phenoxy) is 1. The van der Waals surface area contributed by atoms with Crippen molar-refractivity contribution in [3.63, 3.8) is 0 Å². The van der Waals surface area contributed by atoms with Gasteiger partial charge in [0.1, 0.15) is 0 Å². The fraction of sp³-hybridized carbons (Fsp3) is 0.848. The Hall–Kier alpha value is -2.18. The zero-order valence-corrected chi connectivity index (χ0v) is 48.2. The molecule has 0 heterocycles. The predicted octanol–water partition coefficient (Wildman–Crippen LogP) is 20.1. The van der Waals surface area contributed by atoms with Gasteiger partial charge in [-0.2, -0.15) is 0 Å². The van der Waals surface area contributed by atoms with Gasteiger partial charge in [0.15, 0.2) is 0 Å². The molecule has 6 nitrogen and oxygen atoms in total. The minimum Gasteiger partial charge on any atom is -0.466 e. The Morgan fingerprint density at radius 1 is 0.389 bits per heavy atom. The lowest BCUT2D eigenvalue weighted by Gasteiger charge is -2.20. The zero-order valence-electron chi connectivity index (χ0n) is 48.2. The molecule has 3 N–H and O–H groups in total. The lowest BCUT2D eigenvalue weighted by molar-refractivity contribution is -0.143. The molecule has 0 aliphatic rings. The van der Waals surface area contributed by atoms with Gasteiger partial charge in [0.2, 0.25) is 5.91 Å². The second-order valence-corrected chi connectivity index (χ2v) is 21.7. The van der Waals surface area contributed by atoms with Crippen LogP contribution >= 0.6 is 0 Å². The zero-order chi connectivity index (χ0) is 52.2. The second-order valence-electron chi connectivity index (χ2n) is 21.7. The summed E-state index contributed by atoms with van der Waals surface area (Å²) in [7, 11) is 0. The second kappa shape index (κ2) is 61.4. The van der Waals surface area contributed by atoms with Crippen molar-refractivity contribution in [1.82, 2.24) is 5.32 Å². The van der Waals surface area contributed by atoms with E-state index in [2.05, 4.69) is 55.6 Å². The Labute approximate surface area is 448 Å². The number of unbranched alkanes of at least 4 members (excludes halogenated alkanes) is 42. The fourth-order valence-electron chi connectivity index (χ4n) is 9.66. The van der Waals surface area contributed by atoms with Crippen molar-refractivity contribution in [2.75, 3.05) is 13.2 Å². The molecule has 0 aromatic heterocycles. The van der Waals surface area contributed by atoms with Crippen molar-refractivity contribution >= 4 is 11.9 Å². The molecule has 0 bridgehead atoms. The van der Waals surface area contributed by atoms with Crippen molar-refractivity contribution in [2.45, 2.75) is 347 Å². The predicted molar refractivity (Wildman–Crippen MR) is 315 cm³/mol. The normalized spacial score (nSPS) is 12.9. The van der Waals surface area contributed by atoms with Crippen LogP contribution < -0.4 is 5.32 Å². The van der Waals surface area contributed by atoms with Crippen molar-refractivity contribution in [2.24, 2.45) is 0 Å². The number of hydrogen-bond acceptors (Lipinski definition) is 5. The van der Waals surface area contributed by atoms with E-state index in [1.165, 1.54) is 257 Å². The summed E-state index contributed by atoms with van der Waals surface area (Å²) < 4.78 is 5.48. The Balaban J connectivity index is 3.43. The molecule has 0 saturated carbocycles. The standard InChI is InChI=1S/C66H123NO5/c1-3-5-7-9-11-13-15-17-31-36-40-44-48-52-56-60-66(71)72-61-57-53-49-45-41-37-33-30-28-26-24-22-20-18-19-21-23-25-27-29-32-35-39-43-47-51-55-59-65(70)67-63(62-68)64(69)58-54-50-46-42-38-34-16-14-12-10-8-6-4-2/h17-19,22,24,31,54,58,63-64,68-69H,3-16,20-21,23,25-30,32-53,55-57,59-62H2,1-2H3,(H,67,70)/b19-18-,24-22-,31-17-,58-54+. The van der Waals surface area contributed by atoms with Crippen LogP contribution in [0.4, 0.5) is 0 Å². The van der Waals surface area contributed by atoms with Gasteiger partial charge in [0.05, 0.1) is 25.4 Å². The third-order valence-corrected chi connectivity index (χ3v) is 14.6. The van der Waals surface area contributed by atoms with Crippen LogP contribution in [0.3, 0.4) is 0 Å². The topological polar surface area (TPSA) is 95.9 Å². The smallest absolute Gasteiger partial charge is 0.305 e. The van der Waals surface area contributed by atoms with Gasteiger partial charge in [0.25, 0.3) is 0 Å². The number of esters is 1. The summed E-state index contributed by atoms with van der Waals surface area (Å²) in [5, 5.41) is 23.1. The summed E-state index contributed by atoms with van der Waals surface area (Å²) in [6.07, 6.45) is 78.7. The van der Waals surface area contributed by atoms with Gasteiger partial charge >= 0.3 is 5.97 Å². The molecule has 0 fully saturated rings. The minimum absolute atomic E-state index is 0.00204. The van der Waals surface area contributed by atoms with E-state index in [1.807, 2.05) is 6.08 Å². The van der Waals surface area contributed by atoms with Gasteiger partial charge in [-0.25, -0.2) is 0 Å². The molecule has 422 valence electrons. The molecule has 1 amide bonds. The molecule has 0 spiro atoms. The van der Waals surface area contributed by atoms with E-state index < -0.39 is 12.1 Å². The monoisotopic (exact) mass is 1010 g/mol. The highest BCUT2D eigenvalue weighted by atomic mass is 16.5. The van der Waals surface area contributed by atoms with Crippen LogP contribution in [0.5, 0.6) is 0 Å². The van der Waals surface area contributed by atoms with Gasteiger partial charge in [-0.1, -0.05) is 281 Å². The van der Waals surface area contributed by atoms with Crippen LogP contribution in [0.2, 0.25) is 0 Å². The van der Waals surface area contributed by atoms with E-state index in [-0.39, 0.29) is 18.5 Å². The average molecular weight is 1010 g/mol. The maximum absolute atomic E-state index is 12.4. The van der Waals surface area contributed by atoms with Crippen LogP contribution in [0.1, 0.15) is 335 Å². The van der Waals surface area contributed by atoms with E-state index in [4.69, 9.17) is 4.74 Å². The molecule has 6 heteroatoms. The molecule has 0 rings (SSSR count). The molecule has 0 radical (unpaired) electrons. The summed E-state index contributed by atoms with van der Waals surface area (Å²) >= 11 is 0. The third-order valence-electron chi connectivity index (χ3n) is 14.6. The number of hydrogen-bond donors (Lipinski definition) is 3. The largest absolute Gasteiger partial charge is 0.466 e. The number of nitrogens with one attached hydrogen (secondary N) is 1. The van der Waals surface area contributed by atoms with Crippen LogP contribution in [0, 0.1) is 0 Å². The van der Waals surface area contributed by atoms with Gasteiger partial charge in [-0.15, -0.1) is 0 Å². The lowest BCUT2D eigenvalue weighted by atomic mass is 10.0. The van der Waals surface area contributed by atoms with Crippen molar-refractivity contribution < 1.29 is 24.5 Å². The summed E-state index contributed by atoms with van der Waals surface area (Å²) in [5.41, 5.74) is 0. The molecule has 2 unspecified atom stereocenters. The van der Waals surface area contributed by atoms with E-state index in [9.17, 15) is 19.8 Å². The Morgan fingerprint density at radius 3 is 1.07 bits per heavy atom. The van der Waals surface area contributed by atoms with E-state index in [1.54, 1.807) is 6.08 Å². The third kappa shape index (κ3) is 57.1. The summed E-state index contributed by atoms with van der Waals surface area (Å²) in [6, 6.07) is -0.630. The molecular weight excluding hydrogens is 887 g/mol. The minimum atomic E-state index is -0.846. The van der Waals surface area contributed by atoms with Crippen molar-refractivity contribution in [3.8, 4) is 0 Å². The van der Waals surface area contributed by atoms with Gasteiger partial charge in [0, 0.05) is 12.8 Å². The first-order valence-corrected chi connectivity index (χ1v) is 31.9. The van der Waals surface area contributed by atoms with Gasteiger partial charge < -0.3 is 20.3 Å². The quantitative estimate of drug-likeness (QED) is 0.0320. The molecule has 2 atom stereocenters. The first kappa shape index (κ1) is 69.8. The molecule has 72 heavy (non-hydrogen) atoms. The number of rotatable bonds is 59. The highest BCUT2D eigenvalue weighted by Gasteiger charge is 2.18. The molecule has 0 saturated heterocycles. The first-order valence-electron chi connectivity index (χ1n) is 31.9. The summed E-state index contributed by atoms with van der Waals surface area (Å²) in [4.78, 5) is 24.5. The Morgan fingerprint density at radius 2 is 0.694 bits per heavy atom. The van der Waals surface area contributed by atoms with E-state index >= 15 is 0 Å². The SMILES string of the molecule is CCCCCCCC/C=C\CCCCCCCC(=O)OCCCCCCCCCCC/C=C\C/C=C\CCCCCCCCCCCCCC(=O)NC(CO)C(O)/C=C/CCCCCCCCCCCCC. The molecule has 0 aromatic rings. The van der Waals surface area contributed by atoms with Crippen molar-refractivity contribution in [3.05, 3.63) is 48.6 Å². The maximum Gasteiger partial charge on any atom is 0.305 e. The number of allylic oxidation sites excluding steroid dienone is 7. The fourth-order valence-corrected chi connectivity index (χ4v) is 9.66. The van der Waals surface area contributed by atoms with Crippen molar-refractivity contribution in [1.29, 1.82) is 0 Å². The number of carbonyl (C=O) groups is 2. The number of aliphatic hydroxyl groups is 2. The van der Waals surface area contributed by atoms with Gasteiger partial charge in [-0.3, -0.25) is 9.59 Å². The number of aliphatic hydroxyl groups excluding tert-OH is 2. The summed E-state index contributed by atoms with van der Waals surface area (Å²) in [6.45, 7) is 4.89. The maximum atomic E-state index is 12.4. The Kier molecular flexibility index (Phi) is 59.5. The van der Waals surface area contributed by atoms with Crippen LogP contribution in [0.25, 0.3) is 0 Å². The molecular formula is C66H123NO5. The van der Waals surface area contributed by atoms with Crippen LogP contribution in [-0.2, 0) is 14.3 Å². The highest BCUT2D eigenvalue weighted by molar-refractivity contribution is 5.76. The van der Waals surface area contributed by atoms with Crippen LogP contribution in [0.15, 0.2) is 48.6 Å². The van der Waals surface area contributed by atoms with E-state index in [0.29, 0.717) is 19.4 Å².